The summed E-state index contributed by atoms with van der Waals surface area (Å²) >= 11 is 0. The molecule has 0 bridgehead atoms. The zero-order valence-electron chi connectivity index (χ0n) is 17.1. The van der Waals surface area contributed by atoms with Gasteiger partial charge >= 0.3 is 0 Å². The minimum absolute atomic E-state index is 0.00454. The van der Waals surface area contributed by atoms with E-state index in [1.807, 2.05) is 4.57 Å². The van der Waals surface area contributed by atoms with Gasteiger partial charge in [0.05, 0.1) is 31.5 Å². The average molecular weight is 436 g/mol. The van der Waals surface area contributed by atoms with Crippen molar-refractivity contribution in [2.24, 2.45) is 0 Å². The van der Waals surface area contributed by atoms with Gasteiger partial charge < -0.3 is 9.64 Å². The van der Waals surface area contributed by atoms with Gasteiger partial charge in [-0.15, -0.1) is 10.2 Å². The van der Waals surface area contributed by atoms with E-state index in [4.69, 9.17) is 9.72 Å². The van der Waals surface area contributed by atoms with Crippen LogP contribution in [0, 0.1) is 11.6 Å². The van der Waals surface area contributed by atoms with E-state index in [9.17, 15) is 8.78 Å². The summed E-state index contributed by atoms with van der Waals surface area (Å²) in [6.07, 6.45) is 7.47. The SMILES string of the molecule is CCC1c2nncn2-c2cnc(-n3ccnc3-c3ccc(F)c(F)c3)nc2N1C1COC1. The zero-order valence-corrected chi connectivity index (χ0v) is 17.1. The number of hydrogen-bond acceptors (Lipinski definition) is 7. The summed E-state index contributed by atoms with van der Waals surface area (Å²) in [5, 5.41) is 8.43. The van der Waals surface area contributed by atoms with Gasteiger partial charge in [0, 0.05) is 18.0 Å². The van der Waals surface area contributed by atoms with E-state index in [-0.39, 0.29) is 12.1 Å². The maximum Gasteiger partial charge on any atom is 0.237 e. The van der Waals surface area contributed by atoms with Crippen LogP contribution in [0.15, 0.2) is 43.1 Å². The molecular formula is C21H18F2N8O. The molecule has 3 aromatic heterocycles. The summed E-state index contributed by atoms with van der Waals surface area (Å²) in [5.41, 5.74) is 1.20. The van der Waals surface area contributed by atoms with E-state index in [0.717, 1.165) is 35.9 Å². The molecule has 0 amide bonds. The molecule has 162 valence electrons. The summed E-state index contributed by atoms with van der Waals surface area (Å²) in [7, 11) is 0. The Kier molecular flexibility index (Phi) is 4.25. The standard InChI is InChI=1S/C21H18F2N8O/c1-2-16-20-28-26-11-30(20)17-8-25-21(27-19(17)31(16)13-9-32-10-13)29-6-5-24-18(29)12-3-4-14(22)15(23)7-12/h3-8,11,13,16H,2,9-10H2,1H3. The van der Waals surface area contributed by atoms with E-state index in [2.05, 4.69) is 32.0 Å². The third kappa shape index (κ3) is 2.74. The topological polar surface area (TPSA) is 86.8 Å². The highest BCUT2D eigenvalue weighted by atomic mass is 19.2. The Labute approximate surface area is 181 Å². The second-order valence-electron chi connectivity index (χ2n) is 7.71. The van der Waals surface area contributed by atoms with Crippen LogP contribution in [0.1, 0.15) is 25.2 Å². The smallest absolute Gasteiger partial charge is 0.237 e. The molecule has 6 rings (SSSR count). The van der Waals surface area contributed by atoms with Crippen molar-refractivity contribution in [2.75, 3.05) is 18.1 Å². The van der Waals surface area contributed by atoms with E-state index in [1.54, 1.807) is 29.5 Å². The average Bonchev–Trinajstić information content (AvgIpc) is 3.44. The summed E-state index contributed by atoms with van der Waals surface area (Å²) in [5.74, 6) is 0.518. The Hall–Kier alpha value is -3.73. The number of rotatable bonds is 4. The van der Waals surface area contributed by atoms with Crippen molar-refractivity contribution in [3.05, 3.63) is 60.6 Å². The highest BCUT2D eigenvalue weighted by molar-refractivity contribution is 5.64. The maximum atomic E-state index is 13.8. The second kappa shape index (κ2) is 7.16. The largest absolute Gasteiger partial charge is 0.377 e. The fraction of sp³-hybridized carbons (Fsp3) is 0.286. The van der Waals surface area contributed by atoms with Crippen LogP contribution in [0.5, 0.6) is 0 Å². The number of benzene rings is 1. The molecule has 11 heteroatoms. The molecule has 1 aromatic carbocycles. The first-order valence-electron chi connectivity index (χ1n) is 10.3. The van der Waals surface area contributed by atoms with Gasteiger partial charge in [0.2, 0.25) is 5.95 Å². The lowest BCUT2D eigenvalue weighted by atomic mass is 10.0. The number of nitrogens with zero attached hydrogens (tertiary/aromatic N) is 8. The monoisotopic (exact) mass is 436 g/mol. The van der Waals surface area contributed by atoms with Gasteiger partial charge in [0.1, 0.15) is 17.8 Å². The molecule has 4 aromatic rings. The summed E-state index contributed by atoms with van der Waals surface area (Å²) in [4.78, 5) is 16.0. The van der Waals surface area contributed by atoms with Gasteiger partial charge in [-0.1, -0.05) is 6.92 Å². The zero-order chi connectivity index (χ0) is 21.8. The van der Waals surface area contributed by atoms with Crippen molar-refractivity contribution in [2.45, 2.75) is 25.4 Å². The molecule has 0 spiro atoms. The van der Waals surface area contributed by atoms with Crippen LogP contribution in [0.25, 0.3) is 23.0 Å². The molecule has 1 unspecified atom stereocenters. The minimum Gasteiger partial charge on any atom is -0.377 e. The molecule has 0 saturated carbocycles. The van der Waals surface area contributed by atoms with Crippen LogP contribution in [-0.2, 0) is 4.74 Å². The molecule has 0 radical (unpaired) electrons. The lowest BCUT2D eigenvalue weighted by Gasteiger charge is -2.45. The third-order valence-corrected chi connectivity index (χ3v) is 5.88. The van der Waals surface area contributed by atoms with Crippen LogP contribution in [0.2, 0.25) is 0 Å². The Balaban J connectivity index is 1.50. The van der Waals surface area contributed by atoms with Crippen LogP contribution in [0.4, 0.5) is 14.6 Å². The van der Waals surface area contributed by atoms with Gasteiger partial charge in [-0.3, -0.25) is 9.13 Å². The van der Waals surface area contributed by atoms with Crippen molar-refractivity contribution in [3.8, 4) is 23.0 Å². The Bertz CT molecular complexity index is 1310. The summed E-state index contributed by atoms with van der Waals surface area (Å²) in [6, 6.07) is 3.83. The first kappa shape index (κ1) is 19.0. The first-order chi connectivity index (χ1) is 15.7. The molecule has 2 aliphatic heterocycles. The molecule has 2 aliphatic rings. The number of halogens is 2. The fourth-order valence-corrected chi connectivity index (χ4v) is 4.27. The molecular weight excluding hydrogens is 418 g/mol. The molecule has 0 aliphatic carbocycles. The van der Waals surface area contributed by atoms with E-state index in [0.29, 0.717) is 30.5 Å². The highest BCUT2D eigenvalue weighted by Crippen LogP contribution is 2.40. The second-order valence-corrected chi connectivity index (χ2v) is 7.71. The van der Waals surface area contributed by atoms with Gasteiger partial charge in [-0.2, -0.15) is 4.98 Å². The van der Waals surface area contributed by atoms with E-state index < -0.39 is 11.6 Å². The Morgan fingerprint density at radius 1 is 1.12 bits per heavy atom. The van der Waals surface area contributed by atoms with Crippen LogP contribution >= 0.6 is 0 Å². The quantitative estimate of drug-likeness (QED) is 0.486. The van der Waals surface area contributed by atoms with Crippen LogP contribution in [0.3, 0.4) is 0 Å². The third-order valence-electron chi connectivity index (χ3n) is 5.88. The molecule has 9 nitrogen and oxygen atoms in total. The fourth-order valence-electron chi connectivity index (χ4n) is 4.27. The molecule has 5 heterocycles. The van der Waals surface area contributed by atoms with Gasteiger partial charge in [0.25, 0.3) is 0 Å². The molecule has 1 saturated heterocycles. The van der Waals surface area contributed by atoms with Crippen LogP contribution in [-0.4, -0.2) is 53.5 Å². The predicted octanol–water partition coefficient (Wildman–Crippen LogP) is 2.86. The highest BCUT2D eigenvalue weighted by Gasteiger charge is 2.40. The lowest BCUT2D eigenvalue weighted by molar-refractivity contribution is 0.00339. The molecule has 0 N–H and O–H groups in total. The number of anilines is 1. The normalized spacial score (nSPS) is 17.7. The molecule has 1 atom stereocenters. The molecule has 1 fully saturated rings. The number of fused-ring (bicyclic) bond motifs is 3. The van der Waals surface area contributed by atoms with E-state index in [1.165, 1.54) is 6.07 Å². The van der Waals surface area contributed by atoms with Gasteiger partial charge in [0.15, 0.2) is 23.3 Å². The molecule has 32 heavy (non-hydrogen) atoms. The maximum absolute atomic E-state index is 13.8. The van der Waals surface area contributed by atoms with Gasteiger partial charge in [-0.05, 0) is 24.6 Å². The van der Waals surface area contributed by atoms with Crippen molar-refractivity contribution in [1.29, 1.82) is 0 Å². The Morgan fingerprint density at radius 3 is 2.75 bits per heavy atom. The number of imidazole rings is 1. The summed E-state index contributed by atoms with van der Waals surface area (Å²) < 4.78 is 36.3. The first-order valence-corrected chi connectivity index (χ1v) is 10.3. The van der Waals surface area contributed by atoms with Crippen molar-refractivity contribution >= 4 is 5.82 Å². The van der Waals surface area contributed by atoms with Crippen molar-refractivity contribution in [3.63, 3.8) is 0 Å². The minimum atomic E-state index is -0.939. The van der Waals surface area contributed by atoms with Gasteiger partial charge in [-0.25, -0.2) is 18.7 Å². The van der Waals surface area contributed by atoms with E-state index >= 15 is 0 Å². The number of hydrogen-bond donors (Lipinski definition) is 0. The van der Waals surface area contributed by atoms with Crippen molar-refractivity contribution < 1.29 is 13.5 Å². The van der Waals surface area contributed by atoms with Crippen molar-refractivity contribution in [1.82, 2.24) is 34.3 Å². The lowest BCUT2D eigenvalue weighted by Crippen LogP contribution is -2.53. The Morgan fingerprint density at radius 2 is 2.00 bits per heavy atom. The van der Waals surface area contributed by atoms with Crippen LogP contribution < -0.4 is 4.90 Å². The number of aromatic nitrogens is 7. The summed E-state index contributed by atoms with van der Waals surface area (Å²) in [6.45, 7) is 3.31. The predicted molar refractivity (Wildman–Crippen MR) is 110 cm³/mol. The number of ether oxygens (including phenoxy) is 1.